The Kier molecular flexibility index (Phi) is 12.0. The fraction of sp³-hybridized carbons (Fsp3) is 0.406. The Morgan fingerprint density at radius 1 is 0.816 bits per heavy atom. The molecule has 6 nitrogen and oxygen atoms in total. The smallest absolute Gasteiger partial charge is 0.322 e. The van der Waals surface area contributed by atoms with E-state index in [2.05, 4.69) is 43.1 Å². The van der Waals surface area contributed by atoms with Gasteiger partial charge >= 0.3 is 6.03 Å². The summed E-state index contributed by atoms with van der Waals surface area (Å²) in [6.45, 7) is 13.3. The van der Waals surface area contributed by atoms with Gasteiger partial charge in [0.15, 0.2) is 0 Å². The third-order valence-corrected chi connectivity index (χ3v) is 6.72. The lowest BCUT2D eigenvalue weighted by Gasteiger charge is -2.30. The highest BCUT2D eigenvalue weighted by molar-refractivity contribution is 5.89. The molecule has 0 heterocycles. The van der Waals surface area contributed by atoms with E-state index in [1.165, 1.54) is 0 Å². The maximum absolute atomic E-state index is 13.5. The van der Waals surface area contributed by atoms with Crippen LogP contribution in [0.15, 0.2) is 78.9 Å². The third kappa shape index (κ3) is 9.42. The number of carbonyl (C=O) groups excluding carboxylic acids is 1. The van der Waals surface area contributed by atoms with Crippen molar-refractivity contribution in [2.75, 3.05) is 31.6 Å². The molecule has 204 valence electrons. The summed E-state index contributed by atoms with van der Waals surface area (Å²) in [5.41, 5.74) is 2.95. The van der Waals surface area contributed by atoms with Crippen LogP contribution in [0.5, 0.6) is 11.5 Å². The Balaban J connectivity index is 1.65. The number of benzene rings is 3. The molecule has 3 rings (SSSR count). The standard InChI is InChI=1S/C32H43N3O3/c1-5-34(6-2)23-11-12-26(4)35(32(36)33-29-17-21-30(22-18-29)37-7-3)24-27-15-19-31(20-16-27)38-25-28-13-9-8-10-14-28/h8-10,13-22,26H,5-7,11-12,23-25H2,1-4H3,(H,33,36). The van der Waals surface area contributed by atoms with Crippen molar-refractivity contribution in [3.05, 3.63) is 90.0 Å². The Hall–Kier alpha value is -3.51. The molecule has 0 radical (unpaired) electrons. The molecule has 0 aliphatic carbocycles. The first-order valence-electron chi connectivity index (χ1n) is 13.8. The molecule has 0 aromatic heterocycles. The summed E-state index contributed by atoms with van der Waals surface area (Å²) >= 11 is 0. The van der Waals surface area contributed by atoms with E-state index in [0.29, 0.717) is 19.8 Å². The van der Waals surface area contributed by atoms with Crippen LogP contribution in [-0.4, -0.2) is 48.1 Å². The minimum absolute atomic E-state index is 0.0854. The number of hydrogen-bond donors (Lipinski definition) is 1. The van der Waals surface area contributed by atoms with E-state index in [4.69, 9.17) is 9.47 Å². The van der Waals surface area contributed by atoms with Gasteiger partial charge in [-0.25, -0.2) is 4.79 Å². The average Bonchev–Trinajstić information content (AvgIpc) is 2.95. The molecule has 3 aromatic carbocycles. The first-order valence-corrected chi connectivity index (χ1v) is 13.8. The number of nitrogens with zero attached hydrogens (tertiary/aromatic N) is 2. The maximum Gasteiger partial charge on any atom is 0.322 e. The van der Waals surface area contributed by atoms with E-state index in [1.807, 2.05) is 78.6 Å². The van der Waals surface area contributed by atoms with Gasteiger partial charge in [0.1, 0.15) is 18.1 Å². The van der Waals surface area contributed by atoms with Crippen LogP contribution in [0.2, 0.25) is 0 Å². The van der Waals surface area contributed by atoms with Crippen LogP contribution in [0, 0.1) is 0 Å². The topological polar surface area (TPSA) is 54.0 Å². The molecule has 0 aliphatic heterocycles. The number of urea groups is 1. The largest absolute Gasteiger partial charge is 0.494 e. The molecule has 1 N–H and O–H groups in total. The second kappa shape index (κ2) is 15.7. The Morgan fingerprint density at radius 2 is 1.45 bits per heavy atom. The van der Waals surface area contributed by atoms with Gasteiger partial charge in [-0.1, -0.05) is 56.3 Å². The molecular formula is C32H43N3O3. The summed E-state index contributed by atoms with van der Waals surface area (Å²) in [5, 5.41) is 3.08. The molecular weight excluding hydrogens is 474 g/mol. The molecule has 0 spiro atoms. The summed E-state index contributed by atoms with van der Waals surface area (Å²) in [6.07, 6.45) is 1.98. The summed E-state index contributed by atoms with van der Waals surface area (Å²) < 4.78 is 11.5. The second-order valence-electron chi connectivity index (χ2n) is 9.45. The fourth-order valence-corrected chi connectivity index (χ4v) is 4.36. The quantitative estimate of drug-likeness (QED) is 0.231. The normalized spacial score (nSPS) is 11.7. The van der Waals surface area contributed by atoms with Crippen LogP contribution in [-0.2, 0) is 13.2 Å². The highest BCUT2D eigenvalue weighted by Gasteiger charge is 2.21. The average molecular weight is 518 g/mol. The van der Waals surface area contributed by atoms with Crippen molar-refractivity contribution in [2.45, 2.75) is 59.7 Å². The van der Waals surface area contributed by atoms with Gasteiger partial charge in [0.2, 0.25) is 0 Å². The number of nitrogens with one attached hydrogen (secondary N) is 1. The summed E-state index contributed by atoms with van der Waals surface area (Å²) in [4.78, 5) is 17.8. The molecule has 6 heteroatoms. The predicted molar refractivity (Wildman–Crippen MR) is 156 cm³/mol. The molecule has 3 aromatic rings. The summed E-state index contributed by atoms with van der Waals surface area (Å²) in [6, 6.07) is 25.7. The van der Waals surface area contributed by atoms with Gasteiger partial charge in [-0.2, -0.15) is 0 Å². The van der Waals surface area contributed by atoms with E-state index in [9.17, 15) is 4.79 Å². The van der Waals surface area contributed by atoms with Crippen molar-refractivity contribution in [1.29, 1.82) is 0 Å². The van der Waals surface area contributed by atoms with Gasteiger partial charge in [0, 0.05) is 18.3 Å². The van der Waals surface area contributed by atoms with Crippen LogP contribution in [0.1, 0.15) is 51.7 Å². The summed E-state index contributed by atoms with van der Waals surface area (Å²) in [7, 11) is 0. The molecule has 0 fully saturated rings. The number of ether oxygens (including phenoxy) is 2. The molecule has 38 heavy (non-hydrogen) atoms. The molecule has 0 bridgehead atoms. The first kappa shape index (κ1) is 29.1. The van der Waals surface area contributed by atoms with Crippen molar-refractivity contribution in [2.24, 2.45) is 0 Å². The zero-order chi connectivity index (χ0) is 27.2. The van der Waals surface area contributed by atoms with Crippen LogP contribution < -0.4 is 14.8 Å². The molecule has 1 unspecified atom stereocenters. The first-order chi connectivity index (χ1) is 18.5. The molecule has 0 saturated carbocycles. The number of carbonyl (C=O) groups is 1. The van der Waals surface area contributed by atoms with Crippen LogP contribution in [0.25, 0.3) is 0 Å². The highest BCUT2D eigenvalue weighted by Crippen LogP contribution is 2.20. The third-order valence-electron chi connectivity index (χ3n) is 6.72. The van der Waals surface area contributed by atoms with Gasteiger partial charge < -0.3 is 24.6 Å². The minimum Gasteiger partial charge on any atom is -0.494 e. The lowest BCUT2D eigenvalue weighted by molar-refractivity contribution is 0.181. The van der Waals surface area contributed by atoms with Gasteiger partial charge in [-0.05, 0) is 93.8 Å². The van der Waals surface area contributed by atoms with Gasteiger partial charge in [0.05, 0.1) is 6.61 Å². The summed E-state index contributed by atoms with van der Waals surface area (Å²) in [5.74, 6) is 1.61. The van der Waals surface area contributed by atoms with Crippen LogP contribution in [0.4, 0.5) is 10.5 Å². The molecule has 0 aliphatic rings. The van der Waals surface area contributed by atoms with E-state index in [1.54, 1.807) is 0 Å². The van der Waals surface area contributed by atoms with E-state index >= 15 is 0 Å². The van der Waals surface area contributed by atoms with Crippen LogP contribution >= 0.6 is 0 Å². The van der Waals surface area contributed by atoms with Gasteiger partial charge in [-0.3, -0.25) is 0 Å². The van der Waals surface area contributed by atoms with E-state index in [0.717, 1.165) is 60.8 Å². The number of rotatable bonds is 15. The Bertz CT molecular complexity index is 1070. The zero-order valence-corrected chi connectivity index (χ0v) is 23.4. The van der Waals surface area contributed by atoms with Gasteiger partial charge in [0.25, 0.3) is 0 Å². The SMILES string of the molecule is CCOc1ccc(NC(=O)N(Cc2ccc(OCc3ccccc3)cc2)C(C)CCCN(CC)CC)cc1. The number of anilines is 1. The Labute approximate surface area is 228 Å². The lowest BCUT2D eigenvalue weighted by atomic mass is 10.1. The second-order valence-corrected chi connectivity index (χ2v) is 9.45. The lowest BCUT2D eigenvalue weighted by Crippen LogP contribution is -2.41. The molecule has 0 saturated heterocycles. The van der Waals surface area contributed by atoms with Crippen molar-refractivity contribution in [1.82, 2.24) is 9.80 Å². The fourth-order valence-electron chi connectivity index (χ4n) is 4.36. The van der Waals surface area contributed by atoms with E-state index in [-0.39, 0.29) is 12.1 Å². The molecule has 2 amide bonds. The predicted octanol–water partition coefficient (Wildman–Crippen LogP) is 7.21. The van der Waals surface area contributed by atoms with Crippen molar-refractivity contribution < 1.29 is 14.3 Å². The van der Waals surface area contributed by atoms with Crippen molar-refractivity contribution in [3.63, 3.8) is 0 Å². The molecule has 1 atom stereocenters. The zero-order valence-electron chi connectivity index (χ0n) is 23.4. The van der Waals surface area contributed by atoms with Gasteiger partial charge in [-0.15, -0.1) is 0 Å². The maximum atomic E-state index is 13.5. The van der Waals surface area contributed by atoms with E-state index < -0.39 is 0 Å². The minimum atomic E-state index is -0.103. The number of hydrogen-bond acceptors (Lipinski definition) is 4. The van der Waals surface area contributed by atoms with Crippen LogP contribution in [0.3, 0.4) is 0 Å². The van der Waals surface area contributed by atoms with Crippen molar-refractivity contribution >= 4 is 11.7 Å². The van der Waals surface area contributed by atoms with Crippen molar-refractivity contribution in [3.8, 4) is 11.5 Å². The highest BCUT2D eigenvalue weighted by atomic mass is 16.5. The Morgan fingerprint density at radius 3 is 2.08 bits per heavy atom. The monoisotopic (exact) mass is 517 g/mol. The number of amides is 2.